The maximum atomic E-state index is 5.43. The molecule has 1 heteroatoms. The summed E-state index contributed by atoms with van der Waals surface area (Å²) in [6.45, 7) is 5.13. The number of unbranched alkanes of at least 4 members (excludes halogenated alkanes) is 4. The maximum Gasteiger partial charge on any atom is -0.00772 e. The quantitative estimate of drug-likeness (QED) is 0.429. The Bertz CT molecular complexity index is 232. The second-order valence-electron chi connectivity index (χ2n) is 4.66. The van der Waals surface area contributed by atoms with Gasteiger partial charge in [-0.15, -0.1) is 0 Å². The van der Waals surface area contributed by atoms with Gasteiger partial charge in [0.25, 0.3) is 0 Å². The van der Waals surface area contributed by atoms with Gasteiger partial charge in [0.05, 0.1) is 0 Å². The van der Waals surface area contributed by atoms with Crippen molar-refractivity contribution in [3.8, 4) is 0 Å². The minimum Gasteiger partial charge on any atom is -0.330 e. The molecule has 0 aliphatic rings. The fourth-order valence-corrected chi connectivity index (χ4v) is 1.54. The molecule has 0 atom stereocenters. The maximum absolute atomic E-state index is 5.43. The van der Waals surface area contributed by atoms with Crippen molar-refractivity contribution in [2.45, 2.75) is 58.8 Å². The predicted molar refractivity (Wildman–Crippen MR) is 79.1 cm³/mol. The lowest BCUT2D eigenvalue weighted by Gasteiger charge is -1.92. The van der Waals surface area contributed by atoms with Crippen molar-refractivity contribution in [3.05, 3.63) is 36.0 Å². The third-order valence-corrected chi connectivity index (χ3v) is 2.54. The van der Waals surface area contributed by atoms with Crippen LogP contribution in [0.15, 0.2) is 36.0 Å². The molecule has 0 fully saturated rings. The van der Waals surface area contributed by atoms with E-state index in [1.807, 2.05) is 0 Å². The smallest absolute Gasteiger partial charge is 0.00772 e. The van der Waals surface area contributed by atoms with Crippen molar-refractivity contribution >= 4 is 0 Å². The van der Waals surface area contributed by atoms with Gasteiger partial charge in [0.2, 0.25) is 0 Å². The molecule has 0 heterocycles. The fourth-order valence-electron chi connectivity index (χ4n) is 1.54. The van der Waals surface area contributed by atoms with Crippen LogP contribution in [0.5, 0.6) is 0 Å². The number of allylic oxidation sites excluding steroid dienone is 6. The third-order valence-electron chi connectivity index (χ3n) is 2.54. The molecule has 0 rings (SSSR count). The van der Waals surface area contributed by atoms with Gasteiger partial charge in [-0.25, -0.2) is 0 Å². The molecule has 0 saturated carbocycles. The van der Waals surface area contributed by atoms with Crippen LogP contribution in [0.3, 0.4) is 0 Å². The van der Waals surface area contributed by atoms with Crippen molar-refractivity contribution in [2.75, 3.05) is 6.54 Å². The van der Waals surface area contributed by atoms with Crippen molar-refractivity contribution in [3.63, 3.8) is 0 Å². The van der Waals surface area contributed by atoms with Crippen LogP contribution in [0, 0.1) is 0 Å². The van der Waals surface area contributed by atoms with E-state index in [1.54, 1.807) is 0 Å². The molecule has 0 aromatic rings. The van der Waals surface area contributed by atoms with E-state index in [9.17, 15) is 0 Å². The van der Waals surface area contributed by atoms with Crippen molar-refractivity contribution < 1.29 is 0 Å². The Hall–Kier alpha value is -0.820. The van der Waals surface area contributed by atoms with Gasteiger partial charge in [-0.2, -0.15) is 0 Å². The molecule has 2 N–H and O–H groups in total. The largest absolute Gasteiger partial charge is 0.330 e. The van der Waals surface area contributed by atoms with Crippen molar-refractivity contribution in [1.29, 1.82) is 0 Å². The lowest BCUT2D eigenvalue weighted by atomic mass is 10.2. The van der Waals surface area contributed by atoms with E-state index in [0.29, 0.717) is 0 Å². The van der Waals surface area contributed by atoms with E-state index < -0.39 is 0 Å². The minimum atomic E-state index is 0.822. The molecule has 0 radical (unpaired) electrons. The molecular weight excluding hydrogens is 206 g/mol. The van der Waals surface area contributed by atoms with Gasteiger partial charge in [0, 0.05) is 0 Å². The Morgan fingerprint density at radius 2 is 1.29 bits per heavy atom. The highest BCUT2D eigenvalue weighted by Gasteiger charge is 1.82. The second kappa shape index (κ2) is 13.2. The first-order valence-corrected chi connectivity index (χ1v) is 6.90. The lowest BCUT2D eigenvalue weighted by Crippen LogP contribution is -1.96. The summed E-state index contributed by atoms with van der Waals surface area (Å²) >= 11 is 0. The minimum absolute atomic E-state index is 0.822. The van der Waals surface area contributed by atoms with Gasteiger partial charge in [-0.1, -0.05) is 36.0 Å². The number of hydrogen-bond donors (Lipinski definition) is 1. The van der Waals surface area contributed by atoms with Gasteiger partial charge in [0.1, 0.15) is 0 Å². The van der Waals surface area contributed by atoms with Gasteiger partial charge in [0.15, 0.2) is 0 Å². The molecule has 0 saturated heterocycles. The third kappa shape index (κ3) is 15.2. The number of rotatable bonds is 10. The van der Waals surface area contributed by atoms with Crippen molar-refractivity contribution in [1.82, 2.24) is 0 Å². The summed E-state index contributed by atoms with van der Waals surface area (Å²) in [7, 11) is 0. The molecule has 1 nitrogen and oxygen atoms in total. The van der Waals surface area contributed by atoms with Gasteiger partial charge < -0.3 is 5.73 Å². The van der Waals surface area contributed by atoms with E-state index >= 15 is 0 Å². The summed E-state index contributed by atoms with van der Waals surface area (Å²) in [5.41, 5.74) is 6.85. The average Bonchev–Trinajstić information content (AvgIpc) is 2.30. The summed E-state index contributed by atoms with van der Waals surface area (Å²) in [6.07, 6.45) is 19.7. The predicted octanol–water partition coefficient (Wildman–Crippen LogP) is 4.75. The summed E-state index contributed by atoms with van der Waals surface area (Å²) in [5, 5.41) is 0. The van der Waals surface area contributed by atoms with Crippen LogP contribution in [0.4, 0.5) is 0 Å². The first kappa shape index (κ1) is 16.2. The first-order valence-electron chi connectivity index (χ1n) is 6.90. The molecule has 0 amide bonds. The van der Waals surface area contributed by atoms with Crippen molar-refractivity contribution in [2.24, 2.45) is 5.73 Å². The molecule has 0 unspecified atom stereocenters. The zero-order valence-corrected chi connectivity index (χ0v) is 11.6. The van der Waals surface area contributed by atoms with Crippen LogP contribution >= 0.6 is 0 Å². The molecule has 0 aromatic carbocycles. The standard InChI is InChI=1S/C16H29N/c1-16(2)14-12-10-8-6-4-3-5-7-9-11-13-15-17/h5-8,14H,3-4,9-13,15,17H2,1-2H3/b7-5+,8-6+. The highest BCUT2D eigenvalue weighted by Crippen LogP contribution is 2.01. The summed E-state index contributed by atoms with van der Waals surface area (Å²) in [4.78, 5) is 0. The highest BCUT2D eigenvalue weighted by molar-refractivity contribution is 4.95. The molecule has 0 aliphatic heterocycles. The van der Waals surface area contributed by atoms with E-state index in [-0.39, 0.29) is 0 Å². The lowest BCUT2D eigenvalue weighted by molar-refractivity contribution is 0.757. The topological polar surface area (TPSA) is 26.0 Å². The number of nitrogens with two attached hydrogens (primary N) is 1. The highest BCUT2D eigenvalue weighted by atomic mass is 14.5. The molecule has 0 bridgehead atoms. The Morgan fingerprint density at radius 3 is 1.82 bits per heavy atom. The Kier molecular flexibility index (Phi) is 12.6. The summed E-state index contributed by atoms with van der Waals surface area (Å²) < 4.78 is 0. The van der Waals surface area contributed by atoms with Crippen LogP contribution in [-0.2, 0) is 0 Å². The zero-order chi connectivity index (χ0) is 12.8. The molecule has 98 valence electrons. The second-order valence-corrected chi connectivity index (χ2v) is 4.66. The average molecular weight is 235 g/mol. The van der Waals surface area contributed by atoms with E-state index in [1.165, 1.54) is 44.1 Å². The van der Waals surface area contributed by atoms with Crippen LogP contribution in [0.25, 0.3) is 0 Å². The van der Waals surface area contributed by atoms with E-state index in [0.717, 1.165) is 13.0 Å². The molecule has 17 heavy (non-hydrogen) atoms. The Morgan fingerprint density at radius 1 is 0.765 bits per heavy atom. The molecule has 0 aliphatic carbocycles. The van der Waals surface area contributed by atoms with Crippen LogP contribution in [-0.4, -0.2) is 6.54 Å². The zero-order valence-electron chi connectivity index (χ0n) is 11.6. The Balaban J connectivity index is 3.27. The van der Waals surface area contributed by atoms with E-state index in [2.05, 4.69) is 44.2 Å². The molecular formula is C16H29N. The fraction of sp³-hybridized carbons (Fsp3) is 0.625. The SMILES string of the molecule is CC(C)=CCC/C=C/CC/C=C/CCCCN. The van der Waals surface area contributed by atoms with Crippen LogP contribution in [0.2, 0.25) is 0 Å². The molecule has 0 spiro atoms. The monoisotopic (exact) mass is 235 g/mol. The van der Waals surface area contributed by atoms with E-state index in [4.69, 9.17) is 5.73 Å². The normalized spacial score (nSPS) is 11.5. The van der Waals surface area contributed by atoms with Gasteiger partial charge in [-0.05, 0) is 65.3 Å². The summed E-state index contributed by atoms with van der Waals surface area (Å²) in [5.74, 6) is 0. The van der Waals surface area contributed by atoms with Gasteiger partial charge >= 0.3 is 0 Å². The summed E-state index contributed by atoms with van der Waals surface area (Å²) in [6, 6.07) is 0. The van der Waals surface area contributed by atoms with Gasteiger partial charge in [-0.3, -0.25) is 0 Å². The van der Waals surface area contributed by atoms with Crippen LogP contribution < -0.4 is 5.73 Å². The van der Waals surface area contributed by atoms with Crippen LogP contribution in [0.1, 0.15) is 58.8 Å². The first-order chi connectivity index (χ1) is 8.27. The Labute approximate surface area is 107 Å². The molecule has 0 aromatic heterocycles. The number of hydrogen-bond acceptors (Lipinski definition) is 1.